The van der Waals surface area contributed by atoms with Crippen LogP contribution >= 0.6 is 0 Å². The molecule has 3 atom stereocenters. The topological polar surface area (TPSA) is 114 Å². The number of aliphatic hydroxyl groups excluding tert-OH is 1. The number of aliphatic hydroxyl groups is 1. The molecule has 29 heavy (non-hydrogen) atoms. The molecule has 4 N–H and O–H groups in total. The molecule has 158 valence electrons. The van der Waals surface area contributed by atoms with E-state index < -0.39 is 35.2 Å². The Morgan fingerprint density at radius 1 is 1.34 bits per heavy atom. The second kappa shape index (κ2) is 7.10. The summed E-state index contributed by atoms with van der Waals surface area (Å²) < 4.78 is 36.7. The van der Waals surface area contributed by atoms with Gasteiger partial charge in [-0.1, -0.05) is 0 Å². The Balaban J connectivity index is 1.98. The van der Waals surface area contributed by atoms with Crippen LogP contribution in [0.3, 0.4) is 0 Å². The van der Waals surface area contributed by atoms with Crippen LogP contribution in [0.4, 0.5) is 14.5 Å². The summed E-state index contributed by atoms with van der Waals surface area (Å²) in [5.41, 5.74) is 5.30. The molecule has 4 rings (SSSR count). The van der Waals surface area contributed by atoms with Crippen LogP contribution in [-0.2, 0) is 0 Å². The number of alkyl halides is 1. The number of fused-ring (bicyclic) bond motifs is 1. The molecule has 1 aromatic carbocycles. The number of nitrogens with one attached hydrogen (secondary N) is 1. The number of ether oxygens (including phenoxy) is 1. The van der Waals surface area contributed by atoms with Gasteiger partial charge in [0.05, 0.1) is 24.9 Å². The molecule has 0 amide bonds. The molecule has 0 spiro atoms. The standard InChI is InChI=1S/C19H24F2N4O4/c1-8-15-13(18(27)23-19(28)25(15)9-3-4-9)17(29-2)14(21)16(8)24-5-10(11(20)6-24)12(22)7-26/h9-12,26H,3-7,22H2,1-2H3,(H,23,27,28). The second-order valence-corrected chi connectivity index (χ2v) is 7.84. The van der Waals surface area contributed by atoms with E-state index in [0.29, 0.717) is 11.1 Å². The van der Waals surface area contributed by atoms with Gasteiger partial charge in [-0.25, -0.2) is 13.6 Å². The van der Waals surface area contributed by atoms with Crippen molar-refractivity contribution >= 4 is 16.6 Å². The van der Waals surface area contributed by atoms with Crippen molar-refractivity contribution in [3.8, 4) is 5.75 Å². The van der Waals surface area contributed by atoms with Crippen molar-refractivity contribution < 1.29 is 18.6 Å². The van der Waals surface area contributed by atoms with E-state index in [0.717, 1.165) is 12.8 Å². The highest BCUT2D eigenvalue weighted by Crippen LogP contribution is 2.43. The van der Waals surface area contributed by atoms with Crippen LogP contribution in [-0.4, -0.2) is 53.7 Å². The quantitative estimate of drug-likeness (QED) is 0.664. The highest BCUT2D eigenvalue weighted by atomic mass is 19.1. The lowest BCUT2D eigenvalue weighted by atomic mass is 9.99. The van der Waals surface area contributed by atoms with Gasteiger partial charge in [0.15, 0.2) is 11.6 Å². The normalized spacial score (nSPS) is 23.0. The molecule has 3 unspecified atom stereocenters. The maximum atomic E-state index is 15.5. The molecule has 1 aliphatic heterocycles. The predicted molar refractivity (Wildman–Crippen MR) is 104 cm³/mol. The number of aromatic amines is 1. The van der Waals surface area contributed by atoms with Gasteiger partial charge in [-0.3, -0.25) is 14.3 Å². The Labute approximate surface area is 164 Å². The molecule has 2 aromatic rings. The first-order valence-corrected chi connectivity index (χ1v) is 9.60. The third kappa shape index (κ3) is 3.01. The van der Waals surface area contributed by atoms with Gasteiger partial charge in [-0.05, 0) is 19.8 Å². The highest BCUT2D eigenvalue weighted by molar-refractivity contribution is 5.93. The largest absolute Gasteiger partial charge is 0.493 e. The Kier molecular flexibility index (Phi) is 4.86. The summed E-state index contributed by atoms with van der Waals surface area (Å²) in [5.74, 6) is -1.72. The van der Waals surface area contributed by atoms with Crippen LogP contribution in [0, 0.1) is 18.7 Å². The van der Waals surface area contributed by atoms with Gasteiger partial charge < -0.3 is 20.5 Å². The van der Waals surface area contributed by atoms with E-state index in [1.807, 2.05) is 0 Å². The summed E-state index contributed by atoms with van der Waals surface area (Å²) in [6, 6.07) is -0.847. The van der Waals surface area contributed by atoms with Gasteiger partial charge in [0.2, 0.25) is 0 Å². The molecule has 2 heterocycles. The zero-order chi connectivity index (χ0) is 21.0. The van der Waals surface area contributed by atoms with Crippen molar-refractivity contribution in [3.63, 3.8) is 0 Å². The number of rotatable bonds is 5. The van der Waals surface area contributed by atoms with Gasteiger partial charge >= 0.3 is 5.69 Å². The van der Waals surface area contributed by atoms with Crippen molar-refractivity contribution in [3.05, 3.63) is 32.2 Å². The molecule has 0 bridgehead atoms. The highest BCUT2D eigenvalue weighted by Gasteiger charge is 2.40. The minimum Gasteiger partial charge on any atom is -0.493 e. The van der Waals surface area contributed by atoms with E-state index in [2.05, 4.69) is 4.98 Å². The minimum absolute atomic E-state index is 0.0302. The van der Waals surface area contributed by atoms with Crippen LogP contribution in [0.5, 0.6) is 5.75 Å². The zero-order valence-electron chi connectivity index (χ0n) is 16.2. The third-order valence-electron chi connectivity index (χ3n) is 5.97. The number of hydrogen-bond donors (Lipinski definition) is 3. The van der Waals surface area contributed by atoms with Crippen molar-refractivity contribution in [2.75, 3.05) is 31.7 Å². The van der Waals surface area contributed by atoms with Crippen LogP contribution in [0.15, 0.2) is 9.59 Å². The summed E-state index contributed by atoms with van der Waals surface area (Å²) >= 11 is 0. The van der Waals surface area contributed by atoms with Gasteiger partial charge in [0.1, 0.15) is 11.6 Å². The first-order valence-electron chi connectivity index (χ1n) is 9.60. The second-order valence-electron chi connectivity index (χ2n) is 7.84. The van der Waals surface area contributed by atoms with Gasteiger partial charge in [0.25, 0.3) is 5.56 Å². The van der Waals surface area contributed by atoms with E-state index in [1.165, 1.54) is 16.6 Å². The molecule has 1 aromatic heterocycles. The maximum absolute atomic E-state index is 15.5. The first kappa shape index (κ1) is 19.8. The number of halogens is 2. The summed E-state index contributed by atoms with van der Waals surface area (Å²) in [5, 5.41) is 9.26. The summed E-state index contributed by atoms with van der Waals surface area (Å²) in [6.07, 6.45) is 0.209. The monoisotopic (exact) mass is 410 g/mol. The number of nitrogens with two attached hydrogens (primary N) is 1. The van der Waals surface area contributed by atoms with Gasteiger partial charge in [-0.2, -0.15) is 0 Å². The van der Waals surface area contributed by atoms with Crippen molar-refractivity contribution in [1.82, 2.24) is 9.55 Å². The number of H-pyrrole nitrogens is 1. The Bertz CT molecular complexity index is 1080. The molecule has 1 aliphatic carbocycles. The molecule has 8 nitrogen and oxygen atoms in total. The van der Waals surface area contributed by atoms with Crippen molar-refractivity contribution in [2.45, 2.75) is 38.0 Å². The molecular formula is C19H24F2N4O4. The zero-order valence-corrected chi connectivity index (χ0v) is 16.2. The average Bonchev–Trinajstić information content (AvgIpc) is 3.44. The number of benzene rings is 1. The van der Waals surface area contributed by atoms with Crippen LogP contribution in [0.25, 0.3) is 10.9 Å². The number of anilines is 1. The fourth-order valence-corrected chi connectivity index (χ4v) is 4.38. The van der Waals surface area contributed by atoms with Gasteiger partial charge in [0, 0.05) is 36.7 Å². The average molecular weight is 410 g/mol. The minimum atomic E-state index is -1.34. The number of aryl methyl sites for hydroxylation is 1. The third-order valence-corrected chi connectivity index (χ3v) is 5.97. The number of nitrogens with zero attached hydrogens (tertiary/aromatic N) is 2. The van der Waals surface area contributed by atoms with E-state index >= 15 is 4.39 Å². The van der Waals surface area contributed by atoms with Crippen LogP contribution < -0.4 is 26.6 Å². The molecule has 0 radical (unpaired) electrons. The van der Waals surface area contributed by atoms with Gasteiger partial charge in [-0.15, -0.1) is 0 Å². The SMILES string of the molecule is COc1c(F)c(N2CC(F)C(C(N)CO)C2)c(C)c2c1c(=O)[nH]c(=O)n2C1CC1. The Morgan fingerprint density at radius 3 is 2.62 bits per heavy atom. The number of aromatic nitrogens is 2. The van der Waals surface area contributed by atoms with Crippen molar-refractivity contribution in [2.24, 2.45) is 11.7 Å². The Morgan fingerprint density at radius 2 is 2.03 bits per heavy atom. The number of methoxy groups -OCH3 is 1. The van der Waals surface area contributed by atoms with Crippen molar-refractivity contribution in [1.29, 1.82) is 0 Å². The van der Waals surface area contributed by atoms with Crippen LogP contribution in [0.2, 0.25) is 0 Å². The molecule has 1 saturated heterocycles. The molecular weight excluding hydrogens is 386 g/mol. The smallest absolute Gasteiger partial charge is 0.329 e. The summed E-state index contributed by atoms with van der Waals surface area (Å²) in [6.45, 7) is 1.23. The number of hydrogen-bond acceptors (Lipinski definition) is 6. The fourth-order valence-electron chi connectivity index (χ4n) is 4.38. The lowest BCUT2D eigenvalue weighted by Gasteiger charge is -2.25. The fraction of sp³-hybridized carbons (Fsp3) is 0.579. The van der Waals surface area contributed by atoms with E-state index in [4.69, 9.17) is 10.5 Å². The predicted octanol–water partition coefficient (Wildman–Crippen LogP) is 0.575. The summed E-state index contributed by atoms with van der Waals surface area (Å²) in [7, 11) is 1.25. The Hall–Kier alpha value is -2.46. The first-order chi connectivity index (χ1) is 13.8. The molecule has 1 saturated carbocycles. The van der Waals surface area contributed by atoms with E-state index in [-0.39, 0.29) is 42.6 Å². The van der Waals surface area contributed by atoms with E-state index in [9.17, 15) is 19.1 Å². The summed E-state index contributed by atoms with van der Waals surface area (Å²) in [4.78, 5) is 28.8. The maximum Gasteiger partial charge on any atom is 0.329 e. The van der Waals surface area contributed by atoms with E-state index in [1.54, 1.807) is 6.92 Å². The molecule has 10 heteroatoms. The molecule has 2 fully saturated rings. The lowest BCUT2D eigenvalue weighted by Crippen LogP contribution is -2.39. The van der Waals surface area contributed by atoms with Crippen LogP contribution in [0.1, 0.15) is 24.4 Å². The lowest BCUT2D eigenvalue weighted by molar-refractivity contribution is 0.184. The molecule has 2 aliphatic rings.